The molecule has 2 fully saturated rings. The van der Waals surface area contributed by atoms with Gasteiger partial charge in [-0.3, -0.25) is 4.79 Å². The summed E-state index contributed by atoms with van der Waals surface area (Å²) >= 11 is 1.48. The first-order chi connectivity index (χ1) is 11.3. The van der Waals surface area contributed by atoms with Gasteiger partial charge in [0.05, 0.1) is 5.51 Å². The third kappa shape index (κ3) is 2.83. The van der Waals surface area contributed by atoms with Crippen LogP contribution in [0.1, 0.15) is 29.8 Å². The van der Waals surface area contributed by atoms with Crippen LogP contribution in [-0.4, -0.2) is 47.0 Å². The molecular formula is C17H20N4OS. The Labute approximate surface area is 140 Å². The Hall–Kier alpha value is -1.95. The average Bonchev–Trinajstić information content (AvgIpc) is 3.26. The summed E-state index contributed by atoms with van der Waals surface area (Å²) in [5, 5.41) is 1.84. The number of pyridine rings is 1. The van der Waals surface area contributed by atoms with E-state index < -0.39 is 0 Å². The highest BCUT2D eigenvalue weighted by atomic mass is 32.1. The highest BCUT2D eigenvalue weighted by molar-refractivity contribution is 7.07. The molecule has 1 unspecified atom stereocenters. The molecular weight excluding hydrogens is 308 g/mol. The van der Waals surface area contributed by atoms with Gasteiger partial charge >= 0.3 is 0 Å². The summed E-state index contributed by atoms with van der Waals surface area (Å²) in [6.07, 6.45) is 5.28. The van der Waals surface area contributed by atoms with Crippen LogP contribution in [0.25, 0.3) is 0 Å². The van der Waals surface area contributed by atoms with Gasteiger partial charge in [-0.1, -0.05) is 6.07 Å². The molecule has 1 spiro atoms. The lowest BCUT2D eigenvalue weighted by Gasteiger charge is -2.41. The SMILES string of the molecule is O=C(c1cscn1)N1CCC2(CCCN(c3ccccn3)C2)C1. The van der Waals surface area contributed by atoms with Crippen LogP contribution in [0.4, 0.5) is 5.82 Å². The molecule has 1 atom stereocenters. The second-order valence-corrected chi connectivity index (χ2v) is 7.28. The summed E-state index contributed by atoms with van der Waals surface area (Å²) in [4.78, 5) is 25.5. The number of hydrogen-bond acceptors (Lipinski definition) is 5. The van der Waals surface area contributed by atoms with Crippen LogP contribution in [0.15, 0.2) is 35.3 Å². The van der Waals surface area contributed by atoms with E-state index in [0.29, 0.717) is 5.69 Å². The fourth-order valence-electron chi connectivity index (χ4n) is 3.87. The van der Waals surface area contributed by atoms with Crippen LogP contribution < -0.4 is 4.90 Å². The van der Waals surface area contributed by atoms with Crippen molar-refractivity contribution in [3.05, 3.63) is 41.0 Å². The lowest BCUT2D eigenvalue weighted by Crippen LogP contribution is -2.45. The molecule has 4 heterocycles. The number of amides is 1. The van der Waals surface area contributed by atoms with E-state index in [2.05, 4.69) is 20.9 Å². The quantitative estimate of drug-likeness (QED) is 0.850. The van der Waals surface area contributed by atoms with Gasteiger partial charge in [-0.15, -0.1) is 11.3 Å². The Bertz CT molecular complexity index is 675. The molecule has 5 nitrogen and oxygen atoms in total. The Morgan fingerprint density at radius 2 is 2.13 bits per heavy atom. The van der Waals surface area contributed by atoms with Gasteiger partial charge in [-0.05, 0) is 31.4 Å². The molecule has 2 aliphatic heterocycles. The molecule has 0 N–H and O–H groups in total. The first kappa shape index (κ1) is 14.6. The lowest BCUT2D eigenvalue weighted by atomic mass is 9.79. The third-order valence-electron chi connectivity index (χ3n) is 5.01. The number of carbonyl (C=O) groups excluding carboxylic acids is 1. The summed E-state index contributed by atoms with van der Waals surface area (Å²) in [5.74, 6) is 1.13. The molecule has 120 valence electrons. The van der Waals surface area contributed by atoms with Gasteiger partial charge < -0.3 is 9.80 Å². The number of anilines is 1. The molecule has 23 heavy (non-hydrogen) atoms. The van der Waals surface area contributed by atoms with Crippen LogP contribution in [0.5, 0.6) is 0 Å². The van der Waals surface area contributed by atoms with Gasteiger partial charge in [0.1, 0.15) is 11.5 Å². The van der Waals surface area contributed by atoms with E-state index in [1.807, 2.05) is 28.6 Å². The molecule has 0 radical (unpaired) electrons. The van der Waals surface area contributed by atoms with Gasteiger partial charge in [-0.25, -0.2) is 9.97 Å². The zero-order chi connectivity index (χ0) is 15.7. The number of thiazole rings is 1. The van der Waals surface area contributed by atoms with Crippen molar-refractivity contribution in [1.82, 2.24) is 14.9 Å². The van der Waals surface area contributed by atoms with Gasteiger partial charge in [0, 0.05) is 43.2 Å². The monoisotopic (exact) mass is 328 g/mol. The van der Waals surface area contributed by atoms with Crippen LogP contribution in [0.2, 0.25) is 0 Å². The Morgan fingerprint density at radius 3 is 2.91 bits per heavy atom. The maximum atomic E-state index is 12.5. The minimum atomic E-state index is 0.0816. The molecule has 0 aromatic carbocycles. The number of piperidine rings is 1. The highest BCUT2D eigenvalue weighted by Gasteiger charge is 2.43. The fraction of sp³-hybridized carbons (Fsp3) is 0.471. The molecule has 2 aromatic heterocycles. The predicted molar refractivity (Wildman–Crippen MR) is 90.8 cm³/mol. The van der Waals surface area contributed by atoms with E-state index in [0.717, 1.165) is 44.8 Å². The van der Waals surface area contributed by atoms with Gasteiger partial charge in [-0.2, -0.15) is 0 Å². The van der Waals surface area contributed by atoms with Crippen molar-refractivity contribution < 1.29 is 4.79 Å². The molecule has 4 rings (SSSR count). The Morgan fingerprint density at radius 1 is 1.17 bits per heavy atom. The van der Waals surface area contributed by atoms with Gasteiger partial charge in [0.2, 0.25) is 0 Å². The van der Waals surface area contributed by atoms with Crippen molar-refractivity contribution >= 4 is 23.1 Å². The number of aromatic nitrogens is 2. The number of nitrogens with zero attached hydrogens (tertiary/aromatic N) is 4. The molecule has 2 aliphatic rings. The molecule has 1 amide bonds. The molecule has 2 aromatic rings. The number of rotatable bonds is 2. The largest absolute Gasteiger partial charge is 0.356 e. The zero-order valence-corrected chi connectivity index (χ0v) is 13.8. The topological polar surface area (TPSA) is 49.3 Å². The first-order valence-electron chi connectivity index (χ1n) is 8.09. The first-order valence-corrected chi connectivity index (χ1v) is 9.04. The van der Waals surface area contributed by atoms with Crippen LogP contribution in [0.3, 0.4) is 0 Å². The Balaban J connectivity index is 1.48. The van der Waals surface area contributed by atoms with Crippen LogP contribution >= 0.6 is 11.3 Å². The van der Waals surface area contributed by atoms with E-state index in [1.54, 1.807) is 5.51 Å². The predicted octanol–water partition coefficient (Wildman–Crippen LogP) is 2.67. The maximum Gasteiger partial charge on any atom is 0.273 e. The lowest BCUT2D eigenvalue weighted by molar-refractivity contribution is 0.0762. The van der Waals surface area contributed by atoms with Crippen molar-refractivity contribution in [3.63, 3.8) is 0 Å². The van der Waals surface area contributed by atoms with Crippen LogP contribution in [0, 0.1) is 5.41 Å². The van der Waals surface area contributed by atoms with Gasteiger partial charge in [0.25, 0.3) is 5.91 Å². The van der Waals surface area contributed by atoms with Crippen molar-refractivity contribution in [2.75, 3.05) is 31.1 Å². The van der Waals surface area contributed by atoms with Crippen molar-refractivity contribution in [2.24, 2.45) is 5.41 Å². The Kier molecular flexibility index (Phi) is 3.77. The highest BCUT2D eigenvalue weighted by Crippen LogP contribution is 2.40. The summed E-state index contributed by atoms with van der Waals surface area (Å²) < 4.78 is 0. The normalized spacial score (nSPS) is 24.3. The standard InChI is InChI=1S/C17H20N4OS/c22-16(14-10-23-13-19-14)21-9-6-17(12-21)5-3-8-20(11-17)15-4-1-2-7-18-15/h1-2,4,7,10,13H,3,5-6,8-9,11-12H2. The van der Waals surface area contributed by atoms with E-state index in [1.165, 1.54) is 17.8 Å². The van der Waals surface area contributed by atoms with E-state index in [9.17, 15) is 4.79 Å². The van der Waals surface area contributed by atoms with Crippen molar-refractivity contribution in [2.45, 2.75) is 19.3 Å². The van der Waals surface area contributed by atoms with Gasteiger partial charge in [0.15, 0.2) is 0 Å². The van der Waals surface area contributed by atoms with E-state index >= 15 is 0 Å². The second kappa shape index (κ2) is 5.92. The summed E-state index contributed by atoms with van der Waals surface area (Å²) in [5.41, 5.74) is 2.52. The summed E-state index contributed by atoms with van der Waals surface area (Å²) in [7, 11) is 0. The number of hydrogen-bond donors (Lipinski definition) is 0. The molecule has 0 saturated carbocycles. The molecule has 6 heteroatoms. The van der Waals surface area contributed by atoms with Crippen molar-refractivity contribution in [1.29, 1.82) is 0 Å². The fourth-order valence-corrected chi connectivity index (χ4v) is 4.39. The van der Waals surface area contributed by atoms with Crippen molar-refractivity contribution in [3.8, 4) is 0 Å². The third-order valence-corrected chi connectivity index (χ3v) is 5.60. The number of carbonyl (C=O) groups is 1. The maximum absolute atomic E-state index is 12.5. The minimum absolute atomic E-state index is 0.0816. The second-order valence-electron chi connectivity index (χ2n) is 6.56. The minimum Gasteiger partial charge on any atom is -0.356 e. The van der Waals surface area contributed by atoms with E-state index in [4.69, 9.17) is 0 Å². The summed E-state index contributed by atoms with van der Waals surface area (Å²) in [6, 6.07) is 6.07. The molecule has 0 bridgehead atoms. The zero-order valence-electron chi connectivity index (χ0n) is 13.0. The van der Waals surface area contributed by atoms with Crippen LogP contribution in [-0.2, 0) is 0 Å². The molecule has 0 aliphatic carbocycles. The smallest absolute Gasteiger partial charge is 0.273 e. The summed E-state index contributed by atoms with van der Waals surface area (Å²) in [6.45, 7) is 3.72. The van der Waals surface area contributed by atoms with E-state index in [-0.39, 0.29) is 11.3 Å². The number of likely N-dealkylation sites (tertiary alicyclic amines) is 1. The average molecular weight is 328 g/mol. The molecule has 2 saturated heterocycles.